The Morgan fingerprint density at radius 3 is 2.20 bits per heavy atom. The van der Waals surface area contributed by atoms with Gasteiger partial charge < -0.3 is 10.2 Å². The Balaban J connectivity index is 1.83. The van der Waals surface area contributed by atoms with Gasteiger partial charge in [0.1, 0.15) is 6.04 Å². The molecule has 1 atom stereocenters. The van der Waals surface area contributed by atoms with Gasteiger partial charge in [-0.15, -0.1) is 11.8 Å². The maximum absolute atomic E-state index is 13.6. The van der Waals surface area contributed by atoms with Crippen LogP contribution < -0.4 is 5.32 Å². The van der Waals surface area contributed by atoms with Crippen LogP contribution in [0.3, 0.4) is 0 Å². The second-order valence-corrected chi connectivity index (χ2v) is 9.82. The monoisotopic (exact) mass is 488 g/mol. The van der Waals surface area contributed by atoms with Gasteiger partial charge in [0.25, 0.3) is 0 Å². The molecule has 0 aliphatic carbocycles. The molecule has 35 heavy (non-hydrogen) atoms. The van der Waals surface area contributed by atoms with Crippen molar-refractivity contribution in [2.75, 3.05) is 12.3 Å². The first-order valence-corrected chi connectivity index (χ1v) is 13.5. The van der Waals surface area contributed by atoms with Crippen LogP contribution in [0, 0.1) is 6.92 Å². The van der Waals surface area contributed by atoms with Gasteiger partial charge in [-0.1, -0.05) is 104 Å². The summed E-state index contributed by atoms with van der Waals surface area (Å²) >= 11 is 1.59. The highest BCUT2D eigenvalue weighted by Gasteiger charge is 2.30. The summed E-state index contributed by atoms with van der Waals surface area (Å²) < 4.78 is 0. The van der Waals surface area contributed by atoms with Crippen LogP contribution in [-0.2, 0) is 28.3 Å². The number of nitrogens with zero attached hydrogens (tertiary/aromatic N) is 1. The average Bonchev–Trinajstić information content (AvgIpc) is 2.87. The first kappa shape index (κ1) is 26.6. The number of hydrogen-bond acceptors (Lipinski definition) is 3. The highest BCUT2D eigenvalue weighted by Crippen LogP contribution is 2.19. The molecule has 0 unspecified atom stereocenters. The molecular weight excluding hydrogens is 452 g/mol. The van der Waals surface area contributed by atoms with Crippen LogP contribution in [0.2, 0.25) is 0 Å². The van der Waals surface area contributed by atoms with E-state index >= 15 is 0 Å². The maximum Gasteiger partial charge on any atom is 0.243 e. The quantitative estimate of drug-likeness (QED) is 0.310. The molecule has 0 aliphatic rings. The Morgan fingerprint density at radius 2 is 1.54 bits per heavy atom. The Hall–Kier alpha value is -3.05. The van der Waals surface area contributed by atoms with Gasteiger partial charge in [0.05, 0.1) is 5.75 Å². The zero-order chi connectivity index (χ0) is 24.9. The summed E-state index contributed by atoms with van der Waals surface area (Å²) in [6.07, 6.45) is 2.41. The van der Waals surface area contributed by atoms with Crippen LogP contribution in [0.15, 0.2) is 84.9 Å². The Labute approximate surface area is 214 Å². The first-order valence-electron chi connectivity index (χ1n) is 12.3. The van der Waals surface area contributed by atoms with Crippen molar-refractivity contribution in [3.05, 3.63) is 107 Å². The lowest BCUT2D eigenvalue weighted by molar-refractivity contribution is -0.139. The van der Waals surface area contributed by atoms with Crippen molar-refractivity contribution >= 4 is 23.6 Å². The molecule has 3 aromatic carbocycles. The van der Waals surface area contributed by atoms with E-state index in [4.69, 9.17) is 0 Å². The third-order valence-corrected chi connectivity index (χ3v) is 6.86. The second-order valence-electron chi connectivity index (χ2n) is 8.84. The van der Waals surface area contributed by atoms with Crippen LogP contribution >= 0.6 is 11.8 Å². The van der Waals surface area contributed by atoms with E-state index in [2.05, 4.69) is 30.4 Å². The minimum atomic E-state index is -0.570. The van der Waals surface area contributed by atoms with Gasteiger partial charge in [0.15, 0.2) is 0 Å². The lowest BCUT2D eigenvalue weighted by atomic mass is 10.0. The molecule has 3 rings (SSSR count). The fraction of sp³-hybridized carbons (Fsp3) is 0.333. The maximum atomic E-state index is 13.6. The molecule has 0 saturated heterocycles. The summed E-state index contributed by atoms with van der Waals surface area (Å²) in [4.78, 5) is 28.8. The number of benzene rings is 3. The lowest BCUT2D eigenvalue weighted by Gasteiger charge is -2.31. The van der Waals surface area contributed by atoms with E-state index in [0.29, 0.717) is 25.3 Å². The van der Waals surface area contributed by atoms with E-state index in [9.17, 15) is 9.59 Å². The lowest BCUT2D eigenvalue weighted by Crippen LogP contribution is -2.51. The molecule has 0 aliphatic heterocycles. The van der Waals surface area contributed by atoms with Crippen molar-refractivity contribution in [2.24, 2.45) is 0 Å². The average molecular weight is 489 g/mol. The summed E-state index contributed by atoms with van der Waals surface area (Å²) in [5, 5.41) is 3.08. The topological polar surface area (TPSA) is 49.4 Å². The Bertz CT molecular complexity index is 1060. The van der Waals surface area contributed by atoms with E-state index < -0.39 is 6.04 Å². The van der Waals surface area contributed by atoms with Gasteiger partial charge in [-0.05, 0) is 30.0 Å². The van der Waals surface area contributed by atoms with Crippen molar-refractivity contribution in [3.8, 4) is 0 Å². The molecule has 184 valence electrons. The number of carbonyl (C=O) groups is 2. The van der Waals surface area contributed by atoms with Crippen molar-refractivity contribution in [1.29, 1.82) is 0 Å². The van der Waals surface area contributed by atoms with E-state index in [0.717, 1.165) is 35.3 Å². The number of carbonyl (C=O) groups excluding carboxylic acids is 2. The van der Waals surface area contributed by atoms with Crippen LogP contribution in [0.4, 0.5) is 0 Å². The standard InChI is InChI=1S/C30H36N2O2S/c1-3-4-18-31-30(34)28(20-25-13-7-5-8-14-25)32(21-27-17-11-12-24(2)19-27)29(33)23-35-22-26-15-9-6-10-16-26/h5-17,19,28H,3-4,18,20-23H2,1-2H3,(H,31,34)/t28-/m1/s1. The predicted octanol–water partition coefficient (Wildman–Crippen LogP) is 5.78. The number of amides is 2. The molecule has 2 amide bonds. The van der Waals surface area contributed by atoms with Crippen molar-refractivity contribution in [2.45, 2.75) is 51.4 Å². The number of thioether (sulfide) groups is 1. The minimum Gasteiger partial charge on any atom is -0.354 e. The van der Waals surface area contributed by atoms with E-state index in [1.165, 1.54) is 5.56 Å². The molecule has 0 radical (unpaired) electrons. The van der Waals surface area contributed by atoms with Crippen LogP contribution in [0.1, 0.15) is 42.0 Å². The third kappa shape index (κ3) is 8.91. The Kier molecular flexibility index (Phi) is 10.9. The van der Waals surface area contributed by atoms with Crippen LogP contribution in [0.5, 0.6) is 0 Å². The van der Waals surface area contributed by atoms with Gasteiger partial charge in [0, 0.05) is 25.3 Å². The van der Waals surface area contributed by atoms with E-state index in [-0.39, 0.29) is 11.8 Å². The normalized spacial score (nSPS) is 11.6. The van der Waals surface area contributed by atoms with Crippen molar-refractivity contribution in [1.82, 2.24) is 10.2 Å². The van der Waals surface area contributed by atoms with Crippen molar-refractivity contribution in [3.63, 3.8) is 0 Å². The zero-order valence-corrected chi connectivity index (χ0v) is 21.6. The molecule has 0 heterocycles. The smallest absolute Gasteiger partial charge is 0.243 e. The number of rotatable bonds is 13. The van der Waals surface area contributed by atoms with E-state index in [1.54, 1.807) is 16.7 Å². The number of nitrogens with one attached hydrogen (secondary N) is 1. The summed E-state index contributed by atoms with van der Waals surface area (Å²) in [7, 11) is 0. The summed E-state index contributed by atoms with van der Waals surface area (Å²) in [6.45, 7) is 5.18. The molecular formula is C30H36N2O2S. The van der Waals surface area contributed by atoms with Crippen molar-refractivity contribution < 1.29 is 9.59 Å². The highest BCUT2D eigenvalue weighted by atomic mass is 32.2. The molecule has 1 N–H and O–H groups in total. The zero-order valence-electron chi connectivity index (χ0n) is 20.8. The SMILES string of the molecule is CCCCNC(=O)[C@@H](Cc1ccccc1)N(Cc1cccc(C)c1)C(=O)CSCc1ccccc1. The molecule has 4 nitrogen and oxygen atoms in total. The van der Waals surface area contributed by atoms with Gasteiger partial charge in [-0.2, -0.15) is 0 Å². The van der Waals surface area contributed by atoms with Gasteiger partial charge in [-0.3, -0.25) is 9.59 Å². The van der Waals surface area contributed by atoms with Gasteiger partial charge >= 0.3 is 0 Å². The summed E-state index contributed by atoms with van der Waals surface area (Å²) in [6, 6.07) is 27.7. The number of unbranched alkanes of at least 4 members (excludes halogenated alkanes) is 1. The first-order chi connectivity index (χ1) is 17.1. The van der Waals surface area contributed by atoms with Gasteiger partial charge in [0.2, 0.25) is 11.8 Å². The second kappa shape index (κ2) is 14.4. The molecule has 0 fully saturated rings. The van der Waals surface area contributed by atoms with Crippen LogP contribution in [-0.4, -0.2) is 35.1 Å². The summed E-state index contributed by atoms with van der Waals surface area (Å²) in [5.74, 6) is 0.987. The fourth-order valence-corrected chi connectivity index (χ4v) is 4.85. The minimum absolute atomic E-state index is 0.0148. The van der Waals surface area contributed by atoms with Gasteiger partial charge in [-0.25, -0.2) is 0 Å². The highest BCUT2D eigenvalue weighted by molar-refractivity contribution is 7.99. The molecule has 3 aromatic rings. The largest absolute Gasteiger partial charge is 0.354 e. The molecule has 0 bridgehead atoms. The van der Waals surface area contributed by atoms with E-state index in [1.807, 2.05) is 73.7 Å². The predicted molar refractivity (Wildman–Crippen MR) is 146 cm³/mol. The fourth-order valence-electron chi connectivity index (χ4n) is 3.98. The number of aryl methyl sites for hydroxylation is 1. The number of hydrogen-bond donors (Lipinski definition) is 1. The van der Waals surface area contributed by atoms with Crippen LogP contribution in [0.25, 0.3) is 0 Å². The molecule has 5 heteroatoms. The molecule has 0 saturated carbocycles. The summed E-state index contributed by atoms with van der Waals surface area (Å²) in [5.41, 5.74) is 4.40. The Morgan fingerprint density at radius 1 is 0.886 bits per heavy atom. The molecule has 0 aromatic heterocycles. The molecule has 0 spiro atoms. The third-order valence-electron chi connectivity index (χ3n) is 5.87.